The fraction of sp³-hybridized carbons (Fsp3) is 0.375. The van der Waals surface area contributed by atoms with Crippen LogP contribution in [0.2, 0.25) is 0 Å². The number of nitrogens with zero attached hydrogens (tertiary/aromatic N) is 3. The van der Waals surface area contributed by atoms with Gasteiger partial charge in [-0.25, -0.2) is 0 Å². The molecule has 0 saturated carbocycles. The molecular weight excluding hydrogens is 326 g/mol. The third-order valence-electron chi connectivity index (χ3n) is 4.27. The van der Waals surface area contributed by atoms with Gasteiger partial charge in [0.15, 0.2) is 5.82 Å². The minimum absolute atomic E-state index is 0.0379. The Morgan fingerprint density at radius 3 is 3.21 bits per heavy atom. The number of thioether (sulfide) groups is 1. The van der Waals surface area contributed by atoms with Crippen molar-refractivity contribution in [3.8, 4) is 0 Å². The van der Waals surface area contributed by atoms with Crippen LogP contribution in [0.15, 0.2) is 23.1 Å². The molecule has 7 nitrogen and oxygen atoms in total. The molecule has 1 unspecified atom stereocenters. The molecule has 2 aromatic rings. The Labute approximate surface area is 143 Å². The van der Waals surface area contributed by atoms with E-state index in [-0.39, 0.29) is 17.1 Å². The fourth-order valence-corrected chi connectivity index (χ4v) is 3.88. The van der Waals surface area contributed by atoms with Gasteiger partial charge < -0.3 is 15.2 Å². The number of hydrogen-bond acceptors (Lipinski definition) is 5. The molecule has 1 atom stereocenters. The zero-order valence-electron chi connectivity index (χ0n) is 13.2. The van der Waals surface area contributed by atoms with Crippen molar-refractivity contribution < 1.29 is 9.59 Å². The lowest BCUT2D eigenvalue weighted by molar-refractivity contribution is -0.115. The number of nitrogens with one attached hydrogen (secondary N) is 2. The summed E-state index contributed by atoms with van der Waals surface area (Å²) in [5, 5.41) is 13.9. The molecule has 0 saturated heterocycles. The predicted molar refractivity (Wildman–Crippen MR) is 89.9 cm³/mol. The van der Waals surface area contributed by atoms with Gasteiger partial charge in [0.1, 0.15) is 5.82 Å². The summed E-state index contributed by atoms with van der Waals surface area (Å²) in [6, 6.07) is 5.37. The molecule has 0 fully saturated rings. The van der Waals surface area contributed by atoms with Crippen molar-refractivity contribution in [2.24, 2.45) is 0 Å². The van der Waals surface area contributed by atoms with Crippen molar-refractivity contribution in [1.82, 2.24) is 20.1 Å². The van der Waals surface area contributed by atoms with E-state index in [1.165, 1.54) is 11.8 Å². The van der Waals surface area contributed by atoms with Gasteiger partial charge in [0.25, 0.3) is 5.91 Å². The molecule has 0 radical (unpaired) electrons. The van der Waals surface area contributed by atoms with E-state index in [0.717, 1.165) is 35.9 Å². The van der Waals surface area contributed by atoms with Crippen molar-refractivity contribution in [2.75, 3.05) is 5.32 Å². The highest BCUT2D eigenvalue weighted by Crippen LogP contribution is 2.35. The van der Waals surface area contributed by atoms with Crippen LogP contribution in [-0.4, -0.2) is 31.8 Å². The van der Waals surface area contributed by atoms with Crippen LogP contribution in [0.3, 0.4) is 0 Å². The molecule has 0 bridgehead atoms. The van der Waals surface area contributed by atoms with Crippen LogP contribution in [0.4, 0.5) is 5.69 Å². The van der Waals surface area contributed by atoms with E-state index in [1.807, 2.05) is 13.0 Å². The fourth-order valence-electron chi connectivity index (χ4n) is 2.95. The number of fused-ring (bicyclic) bond motifs is 2. The van der Waals surface area contributed by atoms with Crippen LogP contribution in [-0.2, 0) is 24.3 Å². The van der Waals surface area contributed by atoms with Gasteiger partial charge in [-0.2, -0.15) is 0 Å². The molecule has 124 valence electrons. The van der Waals surface area contributed by atoms with Gasteiger partial charge in [-0.15, -0.1) is 22.0 Å². The number of amides is 2. The number of carbonyl (C=O) groups excluding carboxylic acids is 2. The second-order valence-electron chi connectivity index (χ2n) is 5.93. The summed E-state index contributed by atoms with van der Waals surface area (Å²) in [4.78, 5) is 25.1. The largest absolute Gasteiger partial charge is 0.345 e. The summed E-state index contributed by atoms with van der Waals surface area (Å²) in [5.41, 5.74) is 1.21. The first-order chi connectivity index (χ1) is 11.6. The average Bonchev–Trinajstić information content (AvgIpc) is 3.17. The Hall–Kier alpha value is -2.35. The monoisotopic (exact) mass is 343 g/mol. The van der Waals surface area contributed by atoms with Crippen LogP contribution < -0.4 is 10.6 Å². The lowest BCUT2D eigenvalue weighted by Crippen LogP contribution is -2.28. The van der Waals surface area contributed by atoms with Crippen molar-refractivity contribution in [3.63, 3.8) is 0 Å². The summed E-state index contributed by atoms with van der Waals surface area (Å²) in [6.07, 6.45) is 2.02. The van der Waals surface area contributed by atoms with Crippen LogP contribution in [0.5, 0.6) is 0 Å². The minimum atomic E-state index is -0.189. The number of aryl methyl sites for hydroxylation is 1. The maximum atomic E-state index is 12.4. The Kier molecular flexibility index (Phi) is 3.76. The van der Waals surface area contributed by atoms with Crippen molar-refractivity contribution in [1.29, 1.82) is 0 Å². The number of rotatable bonds is 3. The first-order valence-electron chi connectivity index (χ1n) is 7.92. The predicted octanol–water partition coefficient (Wildman–Crippen LogP) is 1.59. The molecule has 4 rings (SSSR count). The van der Waals surface area contributed by atoms with E-state index < -0.39 is 0 Å². The zero-order chi connectivity index (χ0) is 16.7. The third kappa shape index (κ3) is 2.66. The average molecular weight is 343 g/mol. The topological polar surface area (TPSA) is 88.9 Å². The highest BCUT2D eigenvalue weighted by molar-refractivity contribution is 8.00. The number of anilines is 1. The second kappa shape index (κ2) is 5.94. The molecule has 2 amide bonds. The third-order valence-corrected chi connectivity index (χ3v) is 5.44. The van der Waals surface area contributed by atoms with E-state index in [1.54, 1.807) is 12.1 Å². The summed E-state index contributed by atoms with van der Waals surface area (Å²) < 4.78 is 2.06. The first kappa shape index (κ1) is 15.2. The number of aromatic nitrogens is 3. The summed E-state index contributed by atoms with van der Waals surface area (Å²) in [6.45, 7) is 3.12. The van der Waals surface area contributed by atoms with E-state index in [9.17, 15) is 9.59 Å². The highest BCUT2D eigenvalue weighted by atomic mass is 32.2. The Balaban J connectivity index is 1.47. The lowest BCUT2D eigenvalue weighted by atomic mass is 10.1. The minimum Gasteiger partial charge on any atom is -0.345 e. The van der Waals surface area contributed by atoms with Crippen LogP contribution in [0.25, 0.3) is 0 Å². The molecule has 0 spiro atoms. The van der Waals surface area contributed by atoms with Crippen molar-refractivity contribution >= 4 is 29.3 Å². The number of benzene rings is 1. The lowest BCUT2D eigenvalue weighted by Gasteiger charge is -2.21. The van der Waals surface area contributed by atoms with Crippen LogP contribution in [0, 0.1) is 0 Å². The molecule has 2 aliphatic rings. The summed E-state index contributed by atoms with van der Waals surface area (Å²) in [7, 11) is 0. The van der Waals surface area contributed by atoms with Crippen molar-refractivity contribution in [3.05, 3.63) is 35.4 Å². The van der Waals surface area contributed by atoms with Gasteiger partial charge in [-0.05, 0) is 31.5 Å². The summed E-state index contributed by atoms with van der Waals surface area (Å²) in [5.74, 6) is 1.54. The smallest absolute Gasteiger partial charge is 0.251 e. The van der Waals surface area contributed by atoms with Gasteiger partial charge in [-0.3, -0.25) is 9.59 Å². The number of carbonyl (C=O) groups is 2. The van der Waals surface area contributed by atoms with Gasteiger partial charge >= 0.3 is 0 Å². The molecule has 2 N–H and O–H groups in total. The van der Waals surface area contributed by atoms with Gasteiger partial charge in [-0.1, -0.05) is 0 Å². The summed E-state index contributed by atoms with van der Waals surface area (Å²) >= 11 is 1.50. The standard InChI is InChI=1S/C16H17N5O2S/c1-9-15(22)18-11-7-10(4-5-12(11)24-9)16(23)17-8-14-20-19-13-3-2-6-21(13)14/h4-5,7,9H,2-3,6,8H2,1H3,(H,17,23)(H,18,22). The van der Waals surface area contributed by atoms with Gasteiger partial charge in [0.2, 0.25) is 5.91 Å². The first-order valence-corrected chi connectivity index (χ1v) is 8.80. The molecule has 3 heterocycles. The van der Waals surface area contributed by atoms with E-state index in [2.05, 4.69) is 25.4 Å². The van der Waals surface area contributed by atoms with E-state index in [0.29, 0.717) is 17.8 Å². The zero-order valence-corrected chi connectivity index (χ0v) is 14.0. The van der Waals surface area contributed by atoms with Crippen LogP contribution >= 0.6 is 11.8 Å². The van der Waals surface area contributed by atoms with Crippen molar-refractivity contribution in [2.45, 2.75) is 43.0 Å². The normalized spacial score (nSPS) is 18.7. The molecule has 0 aliphatic carbocycles. The number of hydrogen-bond donors (Lipinski definition) is 2. The van der Waals surface area contributed by atoms with E-state index >= 15 is 0 Å². The molecule has 1 aromatic heterocycles. The maximum Gasteiger partial charge on any atom is 0.251 e. The molecule has 24 heavy (non-hydrogen) atoms. The SMILES string of the molecule is CC1Sc2ccc(C(=O)NCc3nnc4n3CCC4)cc2NC1=O. The molecular formula is C16H17N5O2S. The quantitative estimate of drug-likeness (QED) is 0.883. The highest BCUT2D eigenvalue weighted by Gasteiger charge is 2.24. The van der Waals surface area contributed by atoms with Crippen LogP contribution in [0.1, 0.15) is 35.4 Å². The molecule has 8 heteroatoms. The van der Waals surface area contributed by atoms with Gasteiger partial charge in [0.05, 0.1) is 17.5 Å². The van der Waals surface area contributed by atoms with Gasteiger partial charge in [0, 0.05) is 23.4 Å². The van der Waals surface area contributed by atoms with E-state index in [4.69, 9.17) is 0 Å². The Bertz CT molecular complexity index is 832. The second-order valence-corrected chi connectivity index (χ2v) is 7.31. The molecule has 1 aromatic carbocycles. The molecule has 2 aliphatic heterocycles. The maximum absolute atomic E-state index is 12.4. The Morgan fingerprint density at radius 1 is 1.46 bits per heavy atom. The Morgan fingerprint density at radius 2 is 2.33 bits per heavy atom.